The highest BCUT2D eigenvalue weighted by molar-refractivity contribution is 7.09. The molecule has 15 heavy (non-hydrogen) atoms. The summed E-state index contributed by atoms with van der Waals surface area (Å²) >= 11 is 1.42. The molecular formula is C10H13NO3S. The van der Waals surface area contributed by atoms with Gasteiger partial charge in [-0.3, -0.25) is 4.79 Å². The van der Waals surface area contributed by atoms with Crippen molar-refractivity contribution in [2.24, 2.45) is 0 Å². The third kappa shape index (κ3) is 2.76. The Morgan fingerprint density at radius 1 is 1.73 bits per heavy atom. The van der Waals surface area contributed by atoms with Gasteiger partial charge < -0.3 is 9.84 Å². The van der Waals surface area contributed by atoms with E-state index in [1.807, 2.05) is 5.38 Å². The van der Waals surface area contributed by atoms with E-state index in [-0.39, 0.29) is 6.42 Å². The molecule has 1 aliphatic heterocycles. The number of thiazole rings is 1. The van der Waals surface area contributed by atoms with E-state index in [0.717, 1.165) is 31.7 Å². The zero-order valence-electron chi connectivity index (χ0n) is 8.31. The molecule has 1 atom stereocenters. The van der Waals surface area contributed by atoms with Gasteiger partial charge in [0.2, 0.25) is 0 Å². The predicted molar refractivity (Wildman–Crippen MR) is 56.2 cm³/mol. The Bertz CT molecular complexity index is 344. The Balaban J connectivity index is 2.02. The van der Waals surface area contributed by atoms with Gasteiger partial charge in [0.25, 0.3) is 0 Å². The van der Waals surface area contributed by atoms with Crippen molar-refractivity contribution in [1.29, 1.82) is 0 Å². The average Bonchev–Trinajstić information content (AvgIpc) is 2.67. The molecule has 1 aromatic rings. The largest absolute Gasteiger partial charge is 0.481 e. The summed E-state index contributed by atoms with van der Waals surface area (Å²) in [7, 11) is 0. The summed E-state index contributed by atoms with van der Waals surface area (Å²) in [4.78, 5) is 14.8. The van der Waals surface area contributed by atoms with Crippen LogP contribution in [0.2, 0.25) is 0 Å². The zero-order chi connectivity index (χ0) is 10.7. The first-order chi connectivity index (χ1) is 7.25. The number of nitrogens with zero attached hydrogens (tertiary/aromatic N) is 1. The highest BCUT2D eigenvalue weighted by Crippen LogP contribution is 2.26. The maximum absolute atomic E-state index is 10.5. The molecule has 1 N–H and O–H groups in total. The van der Waals surface area contributed by atoms with E-state index >= 15 is 0 Å². The molecule has 0 saturated carbocycles. The molecule has 1 aromatic heterocycles. The van der Waals surface area contributed by atoms with Gasteiger partial charge in [-0.25, -0.2) is 4.98 Å². The first-order valence-corrected chi connectivity index (χ1v) is 5.87. The van der Waals surface area contributed by atoms with Crippen LogP contribution in [0.25, 0.3) is 0 Å². The van der Waals surface area contributed by atoms with Gasteiger partial charge >= 0.3 is 5.97 Å². The Kier molecular flexibility index (Phi) is 3.33. The van der Waals surface area contributed by atoms with Crippen molar-refractivity contribution >= 4 is 17.3 Å². The molecule has 1 unspecified atom stereocenters. The van der Waals surface area contributed by atoms with Gasteiger partial charge in [0.05, 0.1) is 18.7 Å². The molecule has 0 amide bonds. The number of aromatic nitrogens is 1. The summed E-state index contributed by atoms with van der Waals surface area (Å²) in [5.41, 5.74) is 0.996. The number of ether oxygens (including phenoxy) is 1. The number of rotatable bonds is 3. The van der Waals surface area contributed by atoms with Gasteiger partial charge in [0, 0.05) is 17.9 Å². The lowest BCUT2D eigenvalue weighted by Crippen LogP contribution is -2.15. The number of carboxylic acid groups (broad SMARTS) is 1. The minimum Gasteiger partial charge on any atom is -0.481 e. The normalized spacial score (nSPS) is 21.5. The Morgan fingerprint density at radius 2 is 2.60 bits per heavy atom. The lowest BCUT2D eigenvalue weighted by molar-refractivity contribution is -0.136. The molecular weight excluding hydrogens is 214 g/mol. The molecule has 0 aliphatic carbocycles. The van der Waals surface area contributed by atoms with Crippen LogP contribution in [-0.4, -0.2) is 29.3 Å². The lowest BCUT2D eigenvalue weighted by atomic mass is 10.00. The van der Waals surface area contributed by atoms with E-state index < -0.39 is 5.97 Å². The van der Waals surface area contributed by atoms with Crippen molar-refractivity contribution < 1.29 is 14.6 Å². The molecule has 0 radical (unpaired) electrons. The van der Waals surface area contributed by atoms with Gasteiger partial charge in [-0.1, -0.05) is 0 Å². The van der Waals surface area contributed by atoms with Crippen molar-refractivity contribution in [1.82, 2.24) is 4.98 Å². The minimum atomic E-state index is -0.823. The van der Waals surface area contributed by atoms with E-state index in [9.17, 15) is 4.79 Å². The molecule has 82 valence electrons. The third-order valence-electron chi connectivity index (χ3n) is 2.45. The van der Waals surface area contributed by atoms with Crippen LogP contribution >= 0.6 is 11.3 Å². The zero-order valence-corrected chi connectivity index (χ0v) is 9.13. The van der Waals surface area contributed by atoms with E-state index in [2.05, 4.69) is 4.98 Å². The second-order valence-electron chi connectivity index (χ2n) is 3.65. The van der Waals surface area contributed by atoms with Gasteiger partial charge in [0.1, 0.15) is 5.01 Å². The summed E-state index contributed by atoms with van der Waals surface area (Å²) in [6, 6.07) is 0. The van der Waals surface area contributed by atoms with Crippen LogP contribution in [-0.2, 0) is 16.0 Å². The van der Waals surface area contributed by atoms with Crippen molar-refractivity contribution in [3.05, 3.63) is 16.1 Å². The standard InChI is InChI=1S/C10H13NO3S/c12-10(13)4-9-11-8(6-15-9)7-2-1-3-14-5-7/h6-7H,1-5H2,(H,12,13). The summed E-state index contributed by atoms with van der Waals surface area (Å²) in [6.45, 7) is 1.55. The fraction of sp³-hybridized carbons (Fsp3) is 0.600. The highest BCUT2D eigenvalue weighted by atomic mass is 32.1. The number of aliphatic carboxylic acids is 1. The Labute approximate surface area is 91.9 Å². The first kappa shape index (κ1) is 10.6. The van der Waals surface area contributed by atoms with Crippen LogP contribution in [0, 0.1) is 0 Å². The van der Waals surface area contributed by atoms with Gasteiger partial charge in [0.15, 0.2) is 0 Å². The van der Waals surface area contributed by atoms with Crippen LogP contribution in [0.15, 0.2) is 5.38 Å². The quantitative estimate of drug-likeness (QED) is 0.853. The number of carboxylic acids is 1. The smallest absolute Gasteiger partial charge is 0.310 e. The number of hydrogen-bond acceptors (Lipinski definition) is 4. The van der Waals surface area contributed by atoms with Crippen molar-refractivity contribution in [2.75, 3.05) is 13.2 Å². The first-order valence-electron chi connectivity index (χ1n) is 4.99. The summed E-state index contributed by atoms with van der Waals surface area (Å²) in [6.07, 6.45) is 2.19. The van der Waals surface area contributed by atoms with E-state index in [4.69, 9.17) is 9.84 Å². The SMILES string of the molecule is O=C(O)Cc1nc(C2CCCOC2)cs1. The maximum atomic E-state index is 10.5. The Hall–Kier alpha value is -0.940. The van der Waals surface area contributed by atoms with Crippen molar-refractivity contribution in [3.63, 3.8) is 0 Å². The van der Waals surface area contributed by atoms with Crippen molar-refractivity contribution in [2.45, 2.75) is 25.2 Å². The summed E-state index contributed by atoms with van der Waals surface area (Å²) in [5.74, 6) is -0.465. The molecule has 5 heteroatoms. The lowest BCUT2D eigenvalue weighted by Gasteiger charge is -2.19. The van der Waals surface area contributed by atoms with Crippen LogP contribution in [0.4, 0.5) is 0 Å². The molecule has 0 spiro atoms. The van der Waals surface area contributed by atoms with Gasteiger partial charge in [-0.15, -0.1) is 11.3 Å². The van der Waals surface area contributed by atoms with E-state index in [1.165, 1.54) is 11.3 Å². The van der Waals surface area contributed by atoms with Crippen molar-refractivity contribution in [3.8, 4) is 0 Å². The monoisotopic (exact) mass is 227 g/mol. The summed E-state index contributed by atoms with van der Waals surface area (Å²) in [5, 5.41) is 11.3. The fourth-order valence-corrected chi connectivity index (χ4v) is 2.56. The molecule has 1 saturated heterocycles. The topological polar surface area (TPSA) is 59.4 Å². The van der Waals surface area contributed by atoms with Gasteiger partial charge in [-0.05, 0) is 12.8 Å². The van der Waals surface area contributed by atoms with E-state index in [0.29, 0.717) is 10.9 Å². The Morgan fingerprint density at radius 3 is 3.27 bits per heavy atom. The molecule has 4 nitrogen and oxygen atoms in total. The molecule has 2 heterocycles. The third-order valence-corrected chi connectivity index (χ3v) is 3.32. The second kappa shape index (κ2) is 4.72. The predicted octanol–water partition coefficient (Wildman–Crippen LogP) is 1.66. The molecule has 1 fully saturated rings. The van der Waals surface area contributed by atoms with Crippen LogP contribution in [0.3, 0.4) is 0 Å². The van der Waals surface area contributed by atoms with E-state index in [1.54, 1.807) is 0 Å². The highest BCUT2D eigenvalue weighted by Gasteiger charge is 2.19. The second-order valence-corrected chi connectivity index (χ2v) is 4.59. The van der Waals surface area contributed by atoms with Crippen LogP contribution in [0.5, 0.6) is 0 Å². The molecule has 0 aromatic carbocycles. The molecule has 0 bridgehead atoms. The number of carbonyl (C=O) groups is 1. The number of hydrogen-bond donors (Lipinski definition) is 1. The fourth-order valence-electron chi connectivity index (χ4n) is 1.70. The average molecular weight is 227 g/mol. The minimum absolute atomic E-state index is 0.0260. The molecule has 1 aliphatic rings. The molecule has 2 rings (SSSR count). The summed E-state index contributed by atoms with van der Waals surface area (Å²) < 4.78 is 5.38. The van der Waals surface area contributed by atoms with Crippen LogP contribution < -0.4 is 0 Å². The van der Waals surface area contributed by atoms with Crippen LogP contribution in [0.1, 0.15) is 29.5 Å². The van der Waals surface area contributed by atoms with Gasteiger partial charge in [-0.2, -0.15) is 0 Å². The maximum Gasteiger partial charge on any atom is 0.310 e.